The lowest BCUT2D eigenvalue weighted by Crippen LogP contribution is -2.81. The summed E-state index contributed by atoms with van der Waals surface area (Å²) in [4.78, 5) is 38.0. The highest BCUT2D eigenvalue weighted by atomic mass is 16.6. The molecule has 176 valence electrons. The first-order valence-corrected chi connectivity index (χ1v) is 11.5. The number of Topliss-reactive ketones (excluding diaryl/α,β-unsaturated/α-hetero) is 1. The fraction of sp³-hybridized carbons (Fsp3) is 0.792. The SMILES string of the molecule is C=C1C(=O)C23C4CC5C(C)(C)CCC(OC(C)=O)C5(C(O)O4)C2C(OC(C)=O)CC1C3O. The summed E-state index contributed by atoms with van der Waals surface area (Å²) >= 11 is 0. The Labute approximate surface area is 187 Å². The van der Waals surface area contributed by atoms with Gasteiger partial charge < -0.3 is 24.4 Å². The Bertz CT molecular complexity index is 910. The Balaban J connectivity index is 1.79. The average Bonchev–Trinajstić information content (AvgIpc) is 2.80. The van der Waals surface area contributed by atoms with Gasteiger partial charge in [0.2, 0.25) is 0 Å². The minimum atomic E-state index is -1.39. The average molecular weight is 449 g/mol. The van der Waals surface area contributed by atoms with Crippen LogP contribution in [0.25, 0.3) is 0 Å². The first kappa shape index (κ1) is 22.0. The van der Waals surface area contributed by atoms with E-state index in [1.165, 1.54) is 13.8 Å². The van der Waals surface area contributed by atoms with Crippen LogP contribution in [0.15, 0.2) is 12.2 Å². The number of rotatable bonds is 2. The van der Waals surface area contributed by atoms with Crippen molar-refractivity contribution in [3.8, 4) is 0 Å². The van der Waals surface area contributed by atoms with Crippen LogP contribution in [0, 0.1) is 34.0 Å². The van der Waals surface area contributed by atoms with Crippen molar-refractivity contribution in [3.63, 3.8) is 0 Å². The quantitative estimate of drug-likeness (QED) is 0.482. The van der Waals surface area contributed by atoms with Gasteiger partial charge in [0.1, 0.15) is 12.2 Å². The van der Waals surface area contributed by atoms with Crippen LogP contribution in [0.3, 0.4) is 0 Å². The van der Waals surface area contributed by atoms with Crippen molar-refractivity contribution in [1.29, 1.82) is 0 Å². The van der Waals surface area contributed by atoms with Crippen molar-refractivity contribution in [2.45, 2.75) is 84.1 Å². The third kappa shape index (κ3) is 2.36. The van der Waals surface area contributed by atoms with E-state index in [2.05, 4.69) is 20.4 Å². The molecule has 8 nitrogen and oxygen atoms in total. The summed E-state index contributed by atoms with van der Waals surface area (Å²) < 4.78 is 17.7. The maximum atomic E-state index is 13.8. The van der Waals surface area contributed by atoms with Gasteiger partial charge in [-0.25, -0.2) is 0 Å². The number of ketones is 1. The van der Waals surface area contributed by atoms with Crippen LogP contribution in [0.1, 0.15) is 53.4 Å². The fourth-order valence-electron chi connectivity index (χ4n) is 8.46. The molecule has 6 fully saturated rings. The Kier molecular flexibility index (Phi) is 4.57. The molecular formula is C24H32O8. The summed E-state index contributed by atoms with van der Waals surface area (Å²) in [6.45, 7) is 10.8. The molecular weight excluding hydrogens is 416 g/mol. The lowest BCUT2D eigenvalue weighted by Gasteiger charge is -2.73. The van der Waals surface area contributed by atoms with Gasteiger partial charge >= 0.3 is 11.9 Å². The molecule has 4 aliphatic carbocycles. The molecule has 32 heavy (non-hydrogen) atoms. The highest BCUT2D eigenvalue weighted by molar-refractivity contribution is 6.05. The van der Waals surface area contributed by atoms with E-state index < -0.39 is 65.3 Å². The second-order valence-corrected chi connectivity index (χ2v) is 11.1. The van der Waals surface area contributed by atoms with Crippen molar-refractivity contribution in [2.75, 3.05) is 0 Å². The molecule has 10 atom stereocenters. The van der Waals surface area contributed by atoms with Crippen molar-refractivity contribution in [2.24, 2.45) is 34.0 Å². The molecule has 6 aliphatic rings. The molecule has 2 aliphatic heterocycles. The van der Waals surface area contributed by atoms with Gasteiger partial charge in [-0.15, -0.1) is 0 Å². The number of carbonyl (C=O) groups is 3. The van der Waals surface area contributed by atoms with Gasteiger partial charge in [0.25, 0.3) is 0 Å². The van der Waals surface area contributed by atoms with E-state index in [1.54, 1.807) is 0 Å². The number of hydrogen-bond donors (Lipinski definition) is 2. The molecule has 0 amide bonds. The van der Waals surface area contributed by atoms with Crippen LogP contribution in [-0.4, -0.2) is 58.6 Å². The molecule has 0 aromatic heterocycles. The smallest absolute Gasteiger partial charge is 0.302 e. The number of carbonyl (C=O) groups excluding carboxylic acids is 3. The van der Waals surface area contributed by atoms with Gasteiger partial charge in [0.05, 0.1) is 23.0 Å². The van der Waals surface area contributed by atoms with Gasteiger partial charge in [-0.3, -0.25) is 14.4 Å². The number of aliphatic hydroxyl groups is 2. The van der Waals surface area contributed by atoms with Crippen molar-refractivity contribution < 1.29 is 38.8 Å². The van der Waals surface area contributed by atoms with Gasteiger partial charge in [0, 0.05) is 25.7 Å². The van der Waals surface area contributed by atoms with E-state index in [4.69, 9.17) is 14.2 Å². The van der Waals surface area contributed by atoms with Crippen molar-refractivity contribution in [3.05, 3.63) is 12.2 Å². The molecule has 0 aromatic rings. The second kappa shape index (κ2) is 6.64. The first-order valence-electron chi connectivity index (χ1n) is 11.5. The van der Waals surface area contributed by atoms with Crippen LogP contribution in [0.4, 0.5) is 0 Å². The number of aliphatic hydroxyl groups excluding tert-OH is 2. The molecule has 2 saturated heterocycles. The summed E-state index contributed by atoms with van der Waals surface area (Å²) in [6, 6.07) is 0. The monoisotopic (exact) mass is 448 g/mol. The van der Waals surface area contributed by atoms with E-state index >= 15 is 0 Å². The summed E-state index contributed by atoms with van der Waals surface area (Å²) in [5, 5.41) is 23.0. The largest absolute Gasteiger partial charge is 0.462 e. The molecule has 0 radical (unpaired) electrons. The van der Waals surface area contributed by atoms with Gasteiger partial charge in [-0.1, -0.05) is 20.4 Å². The number of fused-ring (bicyclic) bond motifs is 2. The molecule has 4 saturated carbocycles. The molecule has 8 heteroatoms. The zero-order chi connectivity index (χ0) is 23.4. The van der Waals surface area contributed by atoms with Crippen LogP contribution in [0.2, 0.25) is 0 Å². The predicted molar refractivity (Wildman–Crippen MR) is 110 cm³/mol. The molecule has 6 rings (SSSR count). The molecule has 4 bridgehead atoms. The van der Waals surface area contributed by atoms with Crippen molar-refractivity contribution >= 4 is 17.7 Å². The standard InChI is InChI=1S/C24H32O8/c1-10-13-8-14(30-11(2)25)18-23-15(22(4,5)7-6-16(23)31-12(3)26)9-17(32-21(23)29)24(18,19(10)27)20(13)28/h13-18,20-21,28-29H,1,6-9H2,2-5H3. The van der Waals surface area contributed by atoms with Gasteiger partial charge in [-0.05, 0) is 42.6 Å². The third-order valence-electron chi connectivity index (χ3n) is 9.40. The second-order valence-electron chi connectivity index (χ2n) is 11.1. The minimum absolute atomic E-state index is 0.166. The summed E-state index contributed by atoms with van der Waals surface area (Å²) in [5.41, 5.74) is -2.52. The maximum absolute atomic E-state index is 13.8. The highest BCUT2D eigenvalue weighted by Gasteiger charge is 2.84. The Morgan fingerprint density at radius 1 is 1.12 bits per heavy atom. The summed E-state index contributed by atoms with van der Waals surface area (Å²) in [6.07, 6.45) is -2.69. The molecule has 2 N–H and O–H groups in total. The van der Waals surface area contributed by atoms with Crippen LogP contribution in [-0.2, 0) is 28.6 Å². The Hall–Kier alpha value is -1.77. The number of hydrogen-bond acceptors (Lipinski definition) is 8. The lowest BCUT2D eigenvalue weighted by atomic mass is 9.36. The van der Waals surface area contributed by atoms with E-state index in [0.717, 1.165) is 6.42 Å². The maximum Gasteiger partial charge on any atom is 0.302 e. The van der Waals surface area contributed by atoms with E-state index in [1.807, 2.05) is 0 Å². The lowest BCUT2D eigenvalue weighted by molar-refractivity contribution is -0.411. The summed E-state index contributed by atoms with van der Waals surface area (Å²) in [5.74, 6) is -2.73. The number of ether oxygens (including phenoxy) is 3. The predicted octanol–water partition coefficient (Wildman–Crippen LogP) is 1.52. The summed E-state index contributed by atoms with van der Waals surface area (Å²) in [7, 11) is 0. The van der Waals surface area contributed by atoms with E-state index in [9.17, 15) is 24.6 Å². The minimum Gasteiger partial charge on any atom is -0.462 e. The topological polar surface area (TPSA) is 119 Å². The first-order chi connectivity index (χ1) is 14.9. The zero-order valence-electron chi connectivity index (χ0n) is 19.0. The number of esters is 2. The molecule has 10 unspecified atom stereocenters. The van der Waals surface area contributed by atoms with E-state index in [0.29, 0.717) is 18.4 Å². The van der Waals surface area contributed by atoms with Crippen molar-refractivity contribution in [1.82, 2.24) is 0 Å². The zero-order valence-corrected chi connectivity index (χ0v) is 19.0. The van der Waals surface area contributed by atoms with Gasteiger partial charge in [-0.2, -0.15) is 0 Å². The Morgan fingerprint density at radius 3 is 2.41 bits per heavy atom. The van der Waals surface area contributed by atoms with Crippen LogP contribution < -0.4 is 0 Å². The molecule has 2 heterocycles. The molecule has 2 spiro atoms. The van der Waals surface area contributed by atoms with Crippen LogP contribution >= 0.6 is 0 Å². The van der Waals surface area contributed by atoms with Gasteiger partial charge in [0.15, 0.2) is 12.1 Å². The molecule has 0 aromatic carbocycles. The normalized spacial score (nSPS) is 50.4. The van der Waals surface area contributed by atoms with Crippen LogP contribution in [0.5, 0.6) is 0 Å². The van der Waals surface area contributed by atoms with E-state index in [-0.39, 0.29) is 23.5 Å². The highest BCUT2D eigenvalue weighted by Crippen LogP contribution is 2.75. The Morgan fingerprint density at radius 2 is 1.78 bits per heavy atom. The fourth-order valence-corrected chi connectivity index (χ4v) is 8.46. The third-order valence-corrected chi connectivity index (χ3v) is 9.40.